The predicted molar refractivity (Wildman–Crippen MR) is 213 cm³/mol. The van der Waals surface area contributed by atoms with E-state index in [4.69, 9.17) is 19.3 Å². The van der Waals surface area contributed by atoms with Crippen molar-refractivity contribution in [2.24, 2.45) is 0 Å². The Morgan fingerprint density at radius 2 is 1.15 bits per heavy atom. The number of hydrogen-bond donors (Lipinski definition) is 3. The second-order valence-electron chi connectivity index (χ2n) is 13.1. The molecule has 298 valence electrons. The average Bonchev–Trinajstić information content (AvgIpc) is 3.11. The lowest BCUT2D eigenvalue weighted by atomic mass is 10.0. The highest BCUT2D eigenvalue weighted by Crippen LogP contribution is 2.36. The molecule has 1 unspecified atom stereocenters. The van der Waals surface area contributed by atoms with Crippen molar-refractivity contribution < 1.29 is 43.0 Å². The fourth-order valence-electron chi connectivity index (χ4n) is 5.13. The Bertz CT molecular complexity index is 1090. The topological polar surface area (TPSA) is 140 Å². The molecular formula is C42H71O9P. The fraction of sp³-hybridized carbons (Fsp3) is 0.667. The number of hydrogen-bond acceptors (Lipinski definition) is 7. The van der Waals surface area contributed by atoms with Crippen molar-refractivity contribution in [1.82, 2.24) is 0 Å². The van der Waals surface area contributed by atoms with Crippen molar-refractivity contribution in [2.45, 2.75) is 167 Å². The molecule has 52 heavy (non-hydrogen) atoms. The molecule has 0 aliphatic rings. The summed E-state index contributed by atoms with van der Waals surface area (Å²) in [5, 5.41) is 9.96. The predicted octanol–water partition coefficient (Wildman–Crippen LogP) is 10.9. The smallest absolute Gasteiger partial charge is 0.462 e. The number of unbranched alkanes of at least 4 members (excludes halogenated alkanes) is 13. The van der Waals surface area contributed by atoms with Crippen LogP contribution in [0.4, 0.5) is 0 Å². The van der Waals surface area contributed by atoms with E-state index in [1.54, 1.807) is 6.08 Å². The van der Waals surface area contributed by atoms with E-state index in [9.17, 15) is 19.3 Å². The highest BCUT2D eigenvalue weighted by Gasteiger charge is 2.22. The van der Waals surface area contributed by atoms with E-state index < -0.39 is 38.6 Å². The van der Waals surface area contributed by atoms with Crippen LogP contribution >= 0.6 is 7.82 Å². The normalized spacial score (nSPS) is 13.9. The number of phosphoric acid groups is 1. The van der Waals surface area contributed by atoms with Crippen molar-refractivity contribution in [2.75, 3.05) is 13.2 Å². The van der Waals surface area contributed by atoms with Gasteiger partial charge in [-0.3, -0.25) is 14.1 Å². The van der Waals surface area contributed by atoms with E-state index in [1.165, 1.54) is 64.2 Å². The number of carbonyl (C=O) groups excluding carboxylic acids is 2. The lowest BCUT2D eigenvalue weighted by Gasteiger charge is -2.18. The third-order valence-corrected chi connectivity index (χ3v) is 8.57. The Hall–Kier alpha value is -2.55. The van der Waals surface area contributed by atoms with Gasteiger partial charge in [-0.25, -0.2) is 4.57 Å². The maximum atomic E-state index is 12.4. The van der Waals surface area contributed by atoms with Gasteiger partial charge in [-0.15, -0.1) is 0 Å². The molecule has 0 aliphatic heterocycles. The highest BCUT2D eigenvalue weighted by molar-refractivity contribution is 7.46. The first-order chi connectivity index (χ1) is 25.2. The van der Waals surface area contributed by atoms with Crippen molar-refractivity contribution in [3.8, 4) is 0 Å². The Morgan fingerprint density at radius 3 is 1.75 bits per heavy atom. The van der Waals surface area contributed by atoms with Crippen LogP contribution in [-0.4, -0.2) is 52.3 Å². The molecule has 9 nitrogen and oxygen atoms in total. The summed E-state index contributed by atoms with van der Waals surface area (Å²) in [6, 6.07) is 0. The van der Waals surface area contributed by atoms with Crippen molar-refractivity contribution >= 4 is 19.8 Å². The molecule has 0 saturated carbocycles. The van der Waals surface area contributed by atoms with Gasteiger partial charge >= 0.3 is 19.8 Å². The van der Waals surface area contributed by atoms with Gasteiger partial charge in [0.2, 0.25) is 0 Å². The van der Waals surface area contributed by atoms with Crippen LogP contribution in [0.1, 0.15) is 155 Å². The average molecular weight is 751 g/mol. The summed E-state index contributed by atoms with van der Waals surface area (Å²) in [5.41, 5.74) is 0. The monoisotopic (exact) mass is 750 g/mol. The summed E-state index contributed by atoms with van der Waals surface area (Å²) >= 11 is 0. The summed E-state index contributed by atoms with van der Waals surface area (Å²) < 4.78 is 26.2. The van der Waals surface area contributed by atoms with Gasteiger partial charge in [-0.2, -0.15) is 0 Å². The van der Waals surface area contributed by atoms with Crippen LogP contribution in [0.3, 0.4) is 0 Å². The molecule has 0 aromatic heterocycles. The van der Waals surface area contributed by atoms with Crippen LogP contribution in [0.5, 0.6) is 0 Å². The minimum absolute atomic E-state index is 0.117. The molecule has 0 aromatic carbocycles. The van der Waals surface area contributed by atoms with E-state index in [0.29, 0.717) is 25.7 Å². The van der Waals surface area contributed by atoms with Gasteiger partial charge < -0.3 is 24.4 Å². The fourth-order valence-corrected chi connectivity index (χ4v) is 5.49. The molecule has 0 radical (unpaired) electrons. The number of esters is 2. The van der Waals surface area contributed by atoms with Gasteiger partial charge in [0, 0.05) is 12.8 Å². The number of ether oxygens (including phenoxy) is 2. The summed E-state index contributed by atoms with van der Waals surface area (Å²) in [7, 11) is -4.78. The van der Waals surface area contributed by atoms with E-state index in [1.807, 2.05) is 48.6 Å². The minimum atomic E-state index is -4.78. The summed E-state index contributed by atoms with van der Waals surface area (Å²) in [4.78, 5) is 42.7. The standard InChI is InChI=1S/C42H71O9P/c1-3-5-7-9-11-12-13-14-15-16-21-24-28-32-36-42(45)51-40(38-50-52(46,47)48)37-49-41(44)35-31-27-23-20-18-17-19-22-26-30-34-39(43)33-29-25-10-8-6-4-2/h6,8,17-18,22-23,25-27,29-30,34,39-40,43H,3-5,7,9-16,19-21,24,28,31-33,35-38H2,1-2H3,(H2,46,47,48)/b8-6-,18-17-,26-22-,27-23-,29-25-,34-30+/t39?,40-/m1/s1. The number of allylic oxidation sites excluding steroid dienone is 10. The van der Waals surface area contributed by atoms with E-state index >= 15 is 0 Å². The Labute approximate surface area is 315 Å². The van der Waals surface area contributed by atoms with Crippen molar-refractivity contribution in [3.63, 3.8) is 0 Å². The highest BCUT2D eigenvalue weighted by atomic mass is 31.2. The Morgan fingerprint density at radius 1 is 0.615 bits per heavy atom. The lowest BCUT2D eigenvalue weighted by Crippen LogP contribution is -2.29. The summed E-state index contributed by atoms with van der Waals surface area (Å²) in [6.07, 6.45) is 43.8. The van der Waals surface area contributed by atoms with Crippen LogP contribution in [0.15, 0.2) is 72.9 Å². The first kappa shape index (κ1) is 49.5. The van der Waals surface area contributed by atoms with Crippen LogP contribution < -0.4 is 0 Å². The van der Waals surface area contributed by atoms with E-state index in [-0.39, 0.29) is 19.4 Å². The van der Waals surface area contributed by atoms with Crippen LogP contribution in [0, 0.1) is 0 Å². The zero-order valence-electron chi connectivity index (χ0n) is 32.3. The number of aliphatic hydroxyl groups is 1. The molecule has 0 bridgehead atoms. The SMILES string of the molecule is CC/C=C\C/C=C\CC(O)/C=C/C=C\C/C=C\C/C=C\CCC(=O)OC[C@H](COP(=O)(O)O)OC(=O)CCCCCCCCCCCCCCCC. The Kier molecular flexibility index (Phi) is 35.0. The van der Waals surface area contributed by atoms with Gasteiger partial charge in [0.25, 0.3) is 0 Å². The van der Waals surface area contributed by atoms with Gasteiger partial charge in [0.15, 0.2) is 6.10 Å². The second-order valence-corrected chi connectivity index (χ2v) is 14.3. The third kappa shape index (κ3) is 38.7. The molecule has 0 aromatic rings. The van der Waals surface area contributed by atoms with Gasteiger partial charge in [-0.05, 0) is 44.9 Å². The second kappa shape index (κ2) is 36.8. The number of phosphoric ester groups is 1. The summed E-state index contributed by atoms with van der Waals surface area (Å²) in [5.74, 6) is -1.02. The quantitative estimate of drug-likeness (QED) is 0.0190. The molecule has 0 amide bonds. The van der Waals surface area contributed by atoms with Gasteiger partial charge in [0.1, 0.15) is 6.61 Å². The molecule has 0 aliphatic carbocycles. The minimum Gasteiger partial charge on any atom is -0.462 e. The molecule has 0 saturated heterocycles. The van der Waals surface area contributed by atoms with Crippen LogP contribution in [-0.2, 0) is 28.2 Å². The summed E-state index contributed by atoms with van der Waals surface area (Å²) in [6.45, 7) is 3.43. The number of aliphatic hydroxyl groups excluding tert-OH is 1. The van der Waals surface area contributed by atoms with Crippen molar-refractivity contribution in [1.29, 1.82) is 0 Å². The first-order valence-corrected chi connectivity index (χ1v) is 21.4. The maximum absolute atomic E-state index is 12.4. The molecule has 0 fully saturated rings. The molecule has 10 heteroatoms. The maximum Gasteiger partial charge on any atom is 0.469 e. The van der Waals surface area contributed by atoms with Crippen LogP contribution in [0.2, 0.25) is 0 Å². The molecule has 0 spiro atoms. The Balaban J connectivity index is 4.14. The molecular weight excluding hydrogens is 679 g/mol. The van der Waals surface area contributed by atoms with Gasteiger partial charge in [-0.1, -0.05) is 170 Å². The number of rotatable bonds is 35. The van der Waals surface area contributed by atoms with E-state index in [2.05, 4.69) is 36.6 Å². The molecule has 0 heterocycles. The third-order valence-electron chi connectivity index (χ3n) is 8.08. The van der Waals surface area contributed by atoms with E-state index in [0.717, 1.165) is 38.5 Å². The molecule has 0 rings (SSSR count). The van der Waals surface area contributed by atoms with Crippen LogP contribution in [0.25, 0.3) is 0 Å². The first-order valence-electron chi connectivity index (χ1n) is 19.8. The zero-order valence-corrected chi connectivity index (χ0v) is 33.2. The largest absolute Gasteiger partial charge is 0.469 e. The molecule has 2 atom stereocenters. The van der Waals surface area contributed by atoms with Crippen molar-refractivity contribution in [3.05, 3.63) is 72.9 Å². The van der Waals surface area contributed by atoms with Gasteiger partial charge in [0.05, 0.1) is 12.7 Å². The molecule has 3 N–H and O–H groups in total. The zero-order chi connectivity index (χ0) is 38.4. The number of carbonyl (C=O) groups is 2. The lowest BCUT2D eigenvalue weighted by molar-refractivity contribution is -0.161.